The fourth-order valence-electron chi connectivity index (χ4n) is 2.61. The van der Waals surface area contributed by atoms with Crippen LogP contribution < -0.4 is 10.1 Å². The van der Waals surface area contributed by atoms with Gasteiger partial charge in [-0.2, -0.15) is 0 Å². The summed E-state index contributed by atoms with van der Waals surface area (Å²) in [6.07, 6.45) is 0. The first kappa shape index (κ1) is 17.1. The first-order chi connectivity index (χ1) is 11.0. The van der Waals surface area contributed by atoms with Gasteiger partial charge in [-0.1, -0.05) is 17.7 Å². The van der Waals surface area contributed by atoms with Crippen LogP contribution in [0.4, 0.5) is 4.79 Å². The van der Waals surface area contributed by atoms with Crippen molar-refractivity contribution in [3.05, 3.63) is 29.3 Å². The van der Waals surface area contributed by atoms with Crippen LogP contribution in [0, 0.1) is 13.8 Å². The molecule has 0 aromatic heterocycles. The number of aryl methyl sites for hydroxylation is 2. The van der Waals surface area contributed by atoms with E-state index in [0.717, 1.165) is 11.3 Å². The molecule has 0 atom stereocenters. The van der Waals surface area contributed by atoms with Crippen LogP contribution in [0.2, 0.25) is 0 Å². The molecule has 3 amide bonds. The van der Waals surface area contributed by atoms with Crippen molar-refractivity contribution < 1.29 is 14.3 Å². The molecular weight excluding hydrogens is 294 g/mol. The summed E-state index contributed by atoms with van der Waals surface area (Å²) in [5, 5.41) is 2.78. The van der Waals surface area contributed by atoms with Crippen LogP contribution in [-0.2, 0) is 4.79 Å². The lowest BCUT2D eigenvalue weighted by Gasteiger charge is -2.34. The number of hydrogen-bond donors (Lipinski definition) is 1. The molecule has 0 radical (unpaired) electrons. The zero-order valence-corrected chi connectivity index (χ0v) is 14.1. The third kappa shape index (κ3) is 4.61. The third-order valence-electron chi connectivity index (χ3n) is 3.93. The van der Waals surface area contributed by atoms with Gasteiger partial charge in [0.15, 0.2) is 6.61 Å². The molecule has 23 heavy (non-hydrogen) atoms. The van der Waals surface area contributed by atoms with Gasteiger partial charge in [-0.15, -0.1) is 0 Å². The Labute approximate surface area is 137 Å². The van der Waals surface area contributed by atoms with Crippen LogP contribution >= 0.6 is 0 Å². The van der Waals surface area contributed by atoms with Gasteiger partial charge < -0.3 is 19.9 Å². The second-order valence-corrected chi connectivity index (χ2v) is 5.76. The average molecular weight is 319 g/mol. The van der Waals surface area contributed by atoms with Gasteiger partial charge in [0.1, 0.15) is 5.75 Å². The lowest BCUT2D eigenvalue weighted by molar-refractivity contribution is -0.134. The lowest BCUT2D eigenvalue weighted by atomic mass is 10.1. The number of hydrogen-bond acceptors (Lipinski definition) is 3. The molecule has 0 saturated carbocycles. The number of amides is 3. The average Bonchev–Trinajstić information content (AvgIpc) is 2.54. The number of carbonyl (C=O) groups excluding carboxylic acids is 2. The van der Waals surface area contributed by atoms with E-state index in [9.17, 15) is 9.59 Å². The molecule has 1 aliphatic heterocycles. The van der Waals surface area contributed by atoms with Crippen molar-refractivity contribution in [1.29, 1.82) is 0 Å². The highest BCUT2D eigenvalue weighted by atomic mass is 16.5. The zero-order chi connectivity index (χ0) is 16.8. The standard InChI is InChI=1S/C17H25N3O3/c1-4-18-17(22)20-9-7-19(8-10-20)16(21)12-23-15-6-5-13(2)11-14(15)3/h5-6,11H,4,7-10,12H2,1-3H3,(H,18,22). The Hall–Kier alpha value is -2.24. The third-order valence-corrected chi connectivity index (χ3v) is 3.93. The van der Waals surface area contributed by atoms with E-state index in [1.165, 1.54) is 5.56 Å². The van der Waals surface area contributed by atoms with Gasteiger partial charge in [0, 0.05) is 32.7 Å². The molecule has 1 fully saturated rings. The largest absolute Gasteiger partial charge is 0.484 e. The minimum Gasteiger partial charge on any atom is -0.484 e. The smallest absolute Gasteiger partial charge is 0.317 e. The molecule has 0 aliphatic carbocycles. The second kappa shape index (κ2) is 7.85. The first-order valence-electron chi connectivity index (χ1n) is 8.02. The zero-order valence-electron chi connectivity index (χ0n) is 14.1. The Morgan fingerprint density at radius 3 is 2.39 bits per heavy atom. The molecule has 126 valence electrons. The summed E-state index contributed by atoms with van der Waals surface area (Å²) < 4.78 is 5.64. The number of urea groups is 1. The summed E-state index contributed by atoms with van der Waals surface area (Å²) in [6, 6.07) is 5.83. The van der Waals surface area contributed by atoms with Crippen LogP contribution in [0.1, 0.15) is 18.1 Å². The Balaban J connectivity index is 1.80. The van der Waals surface area contributed by atoms with Crippen LogP contribution in [-0.4, -0.2) is 61.1 Å². The van der Waals surface area contributed by atoms with Crippen LogP contribution in [0.15, 0.2) is 18.2 Å². The highest BCUT2D eigenvalue weighted by Crippen LogP contribution is 2.18. The van der Waals surface area contributed by atoms with Crippen molar-refractivity contribution in [3.63, 3.8) is 0 Å². The Kier molecular flexibility index (Phi) is 5.84. The van der Waals surface area contributed by atoms with Crippen LogP contribution in [0.5, 0.6) is 5.75 Å². The molecule has 1 saturated heterocycles. The van der Waals surface area contributed by atoms with E-state index >= 15 is 0 Å². The first-order valence-corrected chi connectivity index (χ1v) is 8.02. The van der Waals surface area contributed by atoms with Crippen LogP contribution in [0.25, 0.3) is 0 Å². The number of carbonyl (C=O) groups is 2. The number of benzene rings is 1. The highest BCUT2D eigenvalue weighted by Gasteiger charge is 2.24. The number of nitrogens with one attached hydrogen (secondary N) is 1. The van der Waals surface area contributed by atoms with E-state index in [1.54, 1.807) is 9.80 Å². The quantitative estimate of drug-likeness (QED) is 0.916. The summed E-state index contributed by atoms with van der Waals surface area (Å²) in [6.45, 7) is 8.74. The molecule has 1 aromatic carbocycles. The number of nitrogens with zero attached hydrogens (tertiary/aromatic N) is 2. The minimum absolute atomic E-state index is 0.0328. The molecule has 0 spiro atoms. The lowest BCUT2D eigenvalue weighted by Crippen LogP contribution is -2.53. The van der Waals surface area contributed by atoms with E-state index in [1.807, 2.05) is 39.0 Å². The van der Waals surface area contributed by atoms with Gasteiger partial charge in [0.25, 0.3) is 5.91 Å². The maximum atomic E-state index is 12.2. The monoisotopic (exact) mass is 319 g/mol. The molecule has 6 nitrogen and oxygen atoms in total. The molecule has 2 rings (SSSR count). The maximum Gasteiger partial charge on any atom is 0.317 e. The van der Waals surface area contributed by atoms with Gasteiger partial charge in [0.05, 0.1) is 0 Å². The minimum atomic E-state index is -0.0638. The molecular formula is C17H25N3O3. The molecule has 1 aromatic rings. The fourth-order valence-corrected chi connectivity index (χ4v) is 2.61. The Bertz CT molecular complexity index is 566. The number of rotatable bonds is 4. The molecule has 0 bridgehead atoms. The van der Waals surface area contributed by atoms with E-state index in [0.29, 0.717) is 32.7 Å². The molecule has 0 unspecified atom stereocenters. The van der Waals surface area contributed by atoms with Crippen molar-refractivity contribution in [2.24, 2.45) is 0 Å². The fraction of sp³-hybridized carbons (Fsp3) is 0.529. The van der Waals surface area contributed by atoms with E-state index in [-0.39, 0.29) is 18.5 Å². The highest BCUT2D eigenvalue weighted by molar-refractivity contribution is 5.79. The summed E-state index contributed by atoms with van der Waals surface area (Å²) in [5.74, 6) is 0.699. The Morgan fingerprint density at radius 1 is 1.13 bits per heavy atom. The van der Waals surface area contributed by atoms with Gasteiger partial charge >= 0.3 is 6.03 Å². The molecule has 1 N–H and O–H groups in total. The van der Waals surface area contributed by atoms with Crippen molar-refractivity contribution in [2.45, 2.75) is 20.8 Å². The molecule has 1 heterocycles. The SMILES string of the molecule is CCNC(=O)N1CCN(C(=O)COc2ccc(C)cc2C)CC1. The van der Waals surface area contributed by atoms with Crippen molar-refractivity contribution in [2.75, 3.05) is 39.3 Å². The van der Waals surface area contributed by atoms with Gasteiger partial charge in [-0.25, -0.2) is 4.79 Å². The van der Waals surface area contributed by atoms with E-state index < -0.39 is 0 Å². The van der Waals surface area contributed by atoms with Crippen molar-refractivity contribution in [3.8, 4) is 5.75 Å². The van der Waals surface area contributed by atoms with Gasteiger partial charge in [0.2, 0.25) is 0 Å². The predicted octanol–water partition coefficient (Wildman–Crippen LogP) is 1.56. The Morgan fingerprint density at radius 2 is 1.78 bits per heavy atom. The van der Waals surface area contributed by atoms with Gasteiger partial charge in [-0.05, 0) is 32.4 Å². The topological polar surface area (TPSA) is 61.9 Å². The molecule has 1 aliphatic rings. The van der Waals surface area contributed by atoms with E-state index in [2.05, 4.69) is 5.32 Å². The summed E-state index contributed by atoms with van der Waals surface area (Å²) in [5.41, 5.74) is 2.20. The van der Waals surface area contributed by atoms with Crippen molar-refractivity contribution in [1.82, 2.24) is 15.1 Å². The maximum absolute atomic E-state index is 12.2. The summed E-state index contributed by atoms with van der Waals surface area (Å²) >= 11 is 0. The molecule has 6 heteroatoms. The summed E-state index contributed by atoms with van der Waals surface area (Å²) in [7, 11) is 0. The predicted molar refractivity (Wildman–Crippen MR) is 88.6 cm³/mol. The summed E-state index contributed by atoms with van der Waals surface area (Å²) in [4.78, 5) is 27.5. The number of ether oxygens (including phenoxy) is 1. The normalized spacial score (nSPS) is 14.6. The van der Waals surface area contributed by atoms with Gasteiger partial charge in [-0.3, -0.25) is 4.79 Å². The second-order valence-electron chi connectivity index (χ2n) is 5.76. The number of piperazine rings is 1. The van der Waals surface area contributed by atoms with Crippen LogP contribution in [0.3, 0.4) is 0 Å². The van der Waals surface area contributed by atoms with E-state index in [4.69, 9.17) is 4.74 Å². The van der Waals surface area contributed by atoms with Crippen molar-refractivity contribution >= 4 is 11.9 Å².